The summed E-state index contributed by atoms with van der Waals surface area (Å²) in [6, 6.07) is 11.6. The Morgan fingerprint density at radius 2 is 2.00 bits per heavy atom. The molecule has 0 atom stereocenters. The first-order valence-corrected chi connectivity index (χ1v) is 7.48. The lowest BCUT2D eigenvalue weighted by atomic mass is 10.1. The van der Waals surface area contributed by atoms with Gasteiger partial charge in [0, 0.05) is 25.1 Å². The Kier molecular flexibility index (Phi) is 5.55. The minimum absolute atomic E-state index is 0.184. The van der Waals surface area contributed by atoms with Gasteiger partial charge in [-0.1, -0.05) is 25.1 Å². The van der Waals surface area contributed by atoms with Crippen LogP contribution in [0.5, 0.6) is 5.75 Å². The molecule has 112 valence electrons. The average molecular weight is 286 g/mol. The van der Waals surface area contributed by atoms with Crippen LogP contribution in [0.4, 0.5) is 0 Å². The van der Waals surface area contributed by atoms with Crippen molar-refractivity contribution in [3.8, 4) is 5.75 Å². The third-order valence-corrected chi connectivity index (χ3v) is 3.35. The zero-order chi connectivity index (χ0) is 15.1. The number of carbonyl (C=O) groups is 1. The Hall–Kier alpha value is -2.10. The monoisotopic (exact) mass is 286 g/mol. The highest BCUT2D eigenvalue weighted by Gasteiger charge is 2.10. The predicted octanol–water partition coefficient (Wildman–Crippen LogP) is 3.05. The summed E-state index contributed by atoms with van der Waals surface area (Å²) in [5.41, 5.74) is 2.04. The summed E-state index contributed by atoms with van der Waals surface area (Å²) in [5.74, 6) is 0.986. The van der Waals surface area contributed by atoms with Gasteiger partial charge in [0.1, 0.15) is 11.5 Å². The van der Waals surface area contributed by atoms with Gasteiger partial charge < -0.3 is 4.74 Å². The Balaban J connectivity index is 1.83. The van der Waals surface area contributed by atoms with Gasteiger partial charge in [-0.25, -0.2) is 0 Å². The summed E-state index contributed by atoms with van der Waals surface area (Å²) in [6.45, 7) is 5.33. The lowest BCUT2D eigenvalue weighted by Crippen LogP contribution is -2.12. The van der Waals surface area contributed by atoms with Crippen LogP contribution in [0.3, 0.4) is 0 Å². The molecule has 1 heterocycles. The van der Waals surface area contributed by atoms with Crippen LogP contribution in [-0.2, 0) is 24.2 Å². The van der Waals surface area contributed by atoms with Gasteiger partial charge in [0.2, 0.25) is 0 Å². The third-order valence-electron chi connectivity index (χ3n) is 3.35. The topological polar surface area (TPSA) is 44.1 Å². The molecule has 0 saturated carbocycles. The summed E-state index contributed by atoms with van der Waals surface area (Å²) in [4.78, 5) is 12.0. The van der Waals surface area contributed by atoms with E-state index in [2.05, 4.69) is 12.0 Å². The second-order valence-corrected chi connectivity index (χ2v) is 4.92. The molecule has 0 fully saturated rings. The molecule has 0 saturated heterocycles. The van der Waals surface area contributed by atoms with E-state index in [9.17, 15) is 4.79 Å². The van der Waals surface area contributed by atoms with Gasteiger partial charge in [-0.05, 0) is 31.5 Å². The fourth-order valence-electron chi connectivity index (χ4n) is 2.19. The fraction of sp³-hybridized carbons (Fsp3) is 0.412. The molecule has 4 nitrogen and oxygen atoms in total. The summed E-state index contributed by atoms with van der Waals surface area (Å²) in [6.07, 6.45) is 1.75. The largest absolute Gasteiger partial charge is 0.493 e. The smallest absolute Gasteiger partial charge is 0.142 e. The number of para-hydroxylation sites is 1. The predicted molar refractivity (Wildman–Crippen MR) is 82.5 cm³/mol. The Bertz CT molecular complexity index is 576. The van der Waals surface area contributed by atoms with E-state index in [1.807, 2.05) is 48.0 Å². The summed E-state index contributed by atoms with van der Waals surface area (Å²) >= 11 is 0. The molecule has 0 aliphatic carbocycles. The van der Waals surface area contributed by atoms with E-state index in [0.717, 1.165) is 30.1 Å². The van der Waals surface area contributed by atoms with Crippen molar-refractivity contribution in [1.82, 2.24) is 9.78 Å². The van der Waals surface area contributed by atoms with Crippen molar-refractivity contribution >= 4 is 5.78 Å². The number of hydrogen-bond donors (Lipinski definition) is 0. The standard InChI is InChI=1S/C17H22N2O2/c1-3-14-12-15(19(4-2)18-14)13-16(20)10-11-21-17-8-6-5-7-9-17/h5-9,12H,3-4,10-11,13H2,1-2H3. The van der Waals surface area contributed by atoms with Crippen molar-refractivity contribution in [2.24, 2.45) is 0 Å². The number of nitrogens with zero attached hydrogens (tertiary/aromatic N) is 2. The number of carbonyl (C=O) groups excluding carboxylic acids is 1. The number of ketones is 1. The van der Waals surface area contributed by atoms with E-state index in [0.29, 0.717) is 19.4 Å². The van der Waals surface area contributed by atoms with Crippen LogP contribution >= 0.6 is 0 Å². The Morgan fingerprint density at radius 1 is 1.24 bits per heavy atom. The van der Waals surface area contributed by atoms with E-state index in [-0.39, 0.29) is 5.78 Å². The van der Waals surface area contributed by atoms with Crippen molar-refractivity contribution in [3.63, 3.8) is 0 Å². The summed E-state index contributed by atoms with van der Waals surface area (Å²) in [7, 11) is 0. The zero-order valence-electron chi connectivity index (χ0n) is 12.7. The summed E-state index contributed by atoms with van der Waals surface area (Å²) < 4.78 is 7.47. The molecular formula is C17H22N2O2. The van der Waals surface area contributed by atoms with Crippen LogP contribution in [0.1, 0.15) is 31.7 Å². The molecule has 0 aliphatic rings. The van der Waals surface area contributed by atoms with Gasteiger partial charge in [0.05, 0.1) is 12.3 Å². The molecular weight excluding hydrogens is 264 g/mol. The Labute approximate surface area is 125 Å². The van der Waals surface area contributed by atoms with E-state index in [1.54, 1.807) is 0 Å². The van der Waals surface area contributed by atoms with Crippen LogP contribution in [0.2, 0.25) is 0 Å². The van der Waals surface area contributed by atoms with E-state index < -0.39 is 0 Å². The lowest BCUT2D eigenvalue weighted by molar-refractivity contribution is -0.119. The summed E-state index contributed by atoms with van der Waals surface area (Å²) in [5, 5.41) is 4.46. The van der Waals surface area contributed by atoms with E-state index in [1.165, 1.54) is 0 Å². The SMILES string of the molecule is CCc1cc(CC(=O)CCOc2ccccc2)n(CC)n1. The van der Waals surface area contributed by atoms with E-state index in [4.69, 9.17) is 4.74 Å². The molecule has 0 spiro atoms. The van der Waals surface area contributed by atoms with Crippen molar-refractivity contribution in [1.29, 1.82) is 0 Å². The minimum atomic E-state index is 0.184. The van der Waals surface area contributed by atoms with Gasteiger partial charge in [-0.15, -0.1) is 0 Å². The maximum Gasteiger partial charge on any atom is 0.142 e. The number of benzene rings is 1. The molecule has 2 rings (SSSR count). The van der Waals surface area contributed by atoms with Crippen LogP contribution in [0.15, 0.2) is 36.4 Å². The maximum atomic E-state index is 12.0. The molecule has 0 N–H and O–H groups in total. The molecule has 21 heavy (non-hydrogen) atoms. The first kappa shape index (κ1) is 15.3. The highest BCUT2D eigenvalue weighted by molar-refractivity contribution is 5.80. The van der Waals surface area contributed by atoms with Crippen LogP contribution in [0, 0.1) is 0 Å². The number of Topliss-reactive ketones (excluding diaryl/α,β-unsaturated/α-hetero) is 1. The van der Waals surface area contributed by atoms with Crippen molar-refractivity contribution in [2.75, 3.05) is 6.61 Å². The number of ether oxygens (including phenoxy) is 1. The van der Waals surface area contributed by atoms with Gasteiger partial charge >= 0.3 is 0 Å². The van der Waals surface area contributed by atoms with Crippen molar-refractivity contribution in [3.05, 3.63) is 47.8 Å². The molecule has 0 amide bonds. The van der Waals surface area contributed by atoms with Crippen molar-refractivity contribution < 1.29 is 9.53 Å². The Morgan fingerprint density at radius 3 is 2.67 bits per heavy atom. The number of hydrogen-bond acceptors (Lipinski definition) is 3. The fourth-order valence-corrected chi connectivity index (χ4v) is 2.19. The van der Waals surface area contributed by atoms with Gasteiger partial charge in [-0.3, -0.25) is 9.48 Å². The zero-order valence-corrected chi connectivity index (χ0v) is 12.7. The number of aromatic nitrogens is 2. The molecule has 0 unspecified atom stereocenters. The average Bonchev–Trinajstić information content (AvgIpc) is 2.90. The molecule has 1 aromatic heterocycles. The highest BCUT2D eigenvalue weighted by Crippen LogP contribution is 2.10. The minimum Gasteiger partial charge on any atom is -0.493 e. The van der Waals surface area contributed by atoms with Gasteiger partial charge in [0.25, 0.3) is 0 Å². The van der Waals surface area contributed by atoms with Crippen LogP contribution in [0.25, 0.3) is 0 Å². The first-order chi connectivity index (χ1) is 10.2. The van der Waals surface area contributed by atoms with Gasteiger partial charge in [0.15, 0.2) is 0 Å². The highest BCUT2D eigenvalue weighted by atomic mass is 16.5. The van der Waals surface area contributed by atoms with Gasteiger partial charge in [-0.2, -0.15) is 5.10 Å². The molecule has 4 heteroatoms. The lowest BCUT2D eigenvalue weighted by Gasteiger charge is -2.06. The quantitative estimate of drug-likeness (QED) is 0.749. The molecule has 0 aliphatic heterocycles. The van der Waals surface area contributed by atoms with Crippen LogP contribution < -0.4 is 4.74 Å². The number of rotatable bonds is 8. The van der Waals surface area contributed by atoms with E-state index >= 15 is 0 Å². The van der Waals surface area contributed by atoms with Crippen molar-refractivity contribution in [2.45, 2.75) is 39.7 Å². The van der Waals surface area contributed by atoms with Crippen LogP contribution in [-0.4, -0.2) is 22.2 Å². The second kappa shape index (κ2) is 7.62. The normalized spacial score (nSPS) is 10.6. The number of aryl methyl sites for hydroxylation is 2. The molecule has 1 aromatic carbocycles. The maximum absolute atomic E-state index is 12.0. The first-order valence-electron chi connectivity index (χ1n) is 7.48. The second-order valence-electron chi connectivity index (χ2n) is 4.92. The molecule has 0 radical (unpaired) electrons. The molecule has 0 bridgehead atoms. The molecule has 2 aromatic rings. The third kappa shape index (κ3) is 4.45.